The van der Waals surface area contributed by atoms with Crippen LogP contribution in [0.4, 0.5) is 14.5 Å². The molecule has 0 saturated carbocycles. The maximum Gasteiger partial charge on any atom is 0.131 e. The minimum atomic E-state index is -0.560. The van der Waals surface area contributed by atoms with Crippen molar-refractivity contribution >= 4 is 21.6 Å². The van der Waals surface area contributed by atoms with Crippen molar-refractivity contribution in [3.05, 3.63) is 64.1 Å². The fourth-order valence-corrected chi connectivity index (χ4v) is 1.69. The van der Waals surface area contributed by atoms with E-state index in [0.717, 1.165) is 16.2 Å². The Morgan fingerprint density at radius 1 is 1.00 bits per heavy atom. The second-order valence-electron chi connectivity index (χ2n) is 3.60. The number of benzene rings is 2. The van der Waals surface area contributed by atoms with Crippen LogP contribution in [0.5, 0.6) is 0 Å². The van der Waals surface area contributed by atoms with Gasteiger partial charge in [-0.2, -0.15) is 0 Å². The smallest absolute Gasteiger partial charge is 0.131 e. The molecule has 0 amide bonds. The third-order valence-corrected chi connectivity index (χ3v) is 2.87. The van der Waals surface area contributed by atoms with E-state index in [1.807, 2.05) is 24.3 Å². The van der Waals surface area contributed by atoms with E-state index in [-0.39, 0.29) is 0 Å². The van der Waals surface area contributed by atoms with Crippen LogP contribution in [0.15, 0.2) is 46.9 Å². The van der Waals surface area contributed by atoms with E-state index in [9.17, 15) is 8.78 Å². The fourth-order valence-electron chi connectivity index (χ4n) is 1.43. The molecule has 0 fully saturated rings. The second kappa shape index (κ2) is 5.27. The molecule has 2 aromatic rings. The van der Waals surface area contributed by atoms with Crippen LogP contribution in [0, 0.1) is 11.6 Å². The minimum Gasteiger partial charge on any atom is -0.381 e. The summed E-state index contributed by atoms with van der Waals surface area (Å²) < 4.78 is 27.0. The molecule has 17 heavy (non-hydrogen) atoms. The quantitative estimate of drug-likeness (QED) is 0.889. The third kappa shape index (κ3) is 3.27. The lowest BCUT2D eigenvalue weighted by molar-refractivity contribution is 0.574. The third-order valence-electron chi connectivity index (χ3n) is 2.34. The number of nitrogens with one attached hydrogen (secondary N) is 1. The molecule has 0 atom stereocenters. The molecule has 4 heteroatoms. The van der Waals surface area contributed by atoms with Crippen LogP contribution in [0.25, 0.3) is 0 Å². The summed E-state index contributed by atoms with van der Waals surface area (Å²) in [5, 5.41) is 3.07. The molecule has 0 bridgehead atoms. The van der Waals surface area contributed by atoms with Gasteiger partial charge in [-0.05, 0) is 30.3 Å². The second-order valence-corrected chi connectivity index (χ2v) is 4.51. The van der Waals surface area contributed by atoms with Gasteiger partial charge >= 0.3 is 0 Å². The van der Waals surface area contributed by atoms with Gasteiger partial charge < -0.3 is 5.32 Å². The van der Waals surface area contributed by atoms with Crippen molar-refractivity contribution in [1.82, 2.24) is 0 Å². The highest BCUT2D eigenvalue weighted by molar-refractivity contribution is 9.10. The molecule has 1 nitrogen and oxygen atoms in total. The first-order chi connectivity index (χ1) is 8.15. The lowest BCUT2D eigenvalue weighted by atomic mass is 10.2. The standard InChI is InChI=1S/C13H10BrF2N/c14-10-2-5-12(6-3-10)17-8-9-1-4-11(15)7-13(9)16/h1-7,17H,8H2. The van der Waals surface area contributed by atoms with Gasteiger partial charge in [0.25, 0.3) is 0 Å². The number of hydrogen-bond donors (Lipinski definition) is 1. The fraction of sp³-hybridized carbons (Fsp3) is 0.0769. The Hall–Kier alpha value is -1.42. The zero-order valence-electron chi connectivity index (χ0n) is 8.88. The molecule has 0 unspecified atom stereocenters. The first kappa shape index (κ1) is 12.0. The normalized spacial score (nSPS) is 10.3. The predicted octanol–water partition coefficient (Wildman–Crippen LogP) is 4.34. The molecule has 0 aliphatic carbocycles. The minimum absolute atomic E-state index is 0.327. The van der Waals surface area contributed by atoms with E-state index in [1.54, 1.807) is 0 Å². The molecule has 0 aliphatic heterocycles. The maximum absolute atomic E-state index is 13.3. The van der Waals surface area contributed by atoms with E-state index < -0.39 is 11.6 Å². The summed E-state index contributed by atoms with van der Waals surface area (Å²) in [7, 11) is 0. The Bertz CT molecular complexity index is 511. The van der Waals surface area contributed by atoms with Crippen LogP contribution in [-0.4, -0.2) is 0 Å². The summed E-state index contributed by atoms with van der Waals surface area (Å²) in [5.41, 5.74) is 1.33. The zero-order chi connectivity index (χ0) is 12.3. The van der Waals surface area contributed by atoms with Crippen LogP contribution < -0.4 is 5.32 Å². The van der Waals surface area contributed by atoms with Gasteiger partial charge in [-0.1, -0.05) is 22.0 Å². The molecular weight excluding hydrogens is 288 g/mol. The molecule has 0 spiro atoms. The molecule has 88 valence electrons. The van der Waals surface area contributed by atoms with Gasteiger partial charge in [-0.15, -0.1) is 0 Å². The monoisotopic (exact) mass is 297 g/mol. The van der Waals surface area contributed by atoms with Crippen LogP contribution >= 0.6 is 15.9 Å². The predicted molar refractivity (Wildman–Crippen MR) is 67.8 cm³/mol. The Morgan fingerprint density at radius 3 is 2.35 bits per heavy atom. The van der Waals surface area contributed by atoms with Crippen molar-refractivity contribution in [3.63, 3.8) is 0 Å². The van der Waals surface area contributed by atoms with Gasteiger partial charge in [0.1, 0.15) is 11.6 Å². The summed E-state index contributed by atoms with van der Waals surface area (Å²) in [5.74, 6) is -1.09. The summed E-state index contributed by atoms with van der Waals surface area (Å²) in [6.45, 7) is 0.327. The van der Waals surface area contributed by atoms with E-state index >= 15 is 0 Å². The highest BCUT2D eigenvalue weighted by Crippen LogP contribution is 2.16. The van der Waals surface area contributed by atoms with Crippen molar-refractivity contribution in [3.8, 4) is 0 Å². The molecular formula is C13H10BrF2N. The van der Waals surface area contributed by atoms with Crippen LogP contribution in [0.3, 0.4) is 0 Å². The first-order valence-corrected chi connectivity index (χ1v) is 5.88. The maximum atomic E-state index is 13.3. The van der Waals surface area contributed by atoms with Crippen LogP contribution in [0.2, 0.25) is 0 Å². The van der Waals surface area contributed by atoms with E-state index in [4.69, 9.17) is 0 Å². The Labute approximate surface area is 107 Å². The summed E-state index contributed by atoms with van der Waals surface area (Å²) in [4.78, 5) is 0. The summed E-state index contributed by atoms with van der Waals surface area (Å²) in [6, 6.07) is 11.1. The first-order valence-electron chi connectivity index (χ1n) is 5.08. The van der Waals surface area contributed by atoms with Gasteiger partial charge in [-0.3, -0.25) is 0 Å². The largest absolute Gasteiger partial charge is 0.381 e. The van der Waals surface area contributed by atoms with Gasteiger partial charge in [-0.25, -0.2) is 8.78 Å². The highest BCUT2D eigenvalue weighted by Gasteiger charge is 2.03. The Morgan fingerprint density at radius 2 is 1.71 bits per heavy atom. The zero-order valence-corrected chi connectivity index (χ0v) is 10.5. The van der Waals surface area contributed by atoms with E-state index in [0.29, 0.717) is 12.1 Å². The number of rotatable bonds is 3. The number of hydrogen-bond acceptors (Lipinski definition) is 1. The van der Waals surface area contributed by atoms with Gasteiger partial charge in [0, 0.05) is 28.3 Å². The van der Waals surface area contributed by atoms with Gasteiger partial charge in [0.15, 0.2) is 0 Å². The number of halogens is 3. The van der Waals surface area contributed by atoms with Crippen LogP contribution in [-0.2, 0) is 6.54 Å². The number of anilines is 1. The lowest BCUT2D eigenvalue weighted by Crippen LogP contribution is -2.01. The van der Waals surface area contributed by atoms with Crippen molar-refractivity contribution in [2.75, 3.05) is 5.32 Å². The Kier molecular flexibility index (Phi) is 3.74. The van der Waals surface area contributed by atoms with E-state index in [2.05, 4.69) is 21.2 Å². The molecule has 2 aromatic carbocycles. The molecule has 2 rings (SSSR count). The van der Waals surface area contributed by atoms with Crippen molar-refractivity contribution in [1.29, 1.82) is 0 Å². The van der Waals surface area contributed by atoms with Crippen molar-refractivity contribution < 1.29 is 8.78 Å². The SMILES string of the molecule is Fc1ccc(CNc2ccc(Br)cc2)c(F)c1. The van der Waals surface area contributed by atoms with Gasteiger partial charge in [0.05, 0.1) is 0 Å². The molecule has 0 aliphatic rings. The average molecular weight is 298 g/mol. The lowest BCUT2D eigenvalue weighted by Gasteiger charge is -2.07. The molecule has 0 heterocycles. The Balaban J connectivity index is 2.04. The summed E-state index contributed by atoms with van der Waals surface area (Å²) in [6.07, 6.45) is 0. The molecule has 0 saturated heterocycles. The van der Waals surface area contributed by atoms with E-state index in [1.165, 1.54) is 12.1 Å². The van der Waals surface area contributed by atoms with Gasteiger partial charge in [0.2, 0.25) is 0 Å². The molecule has 0 aromatic heterocycles. The van der Waals surface area contributed by atoms with Crippen LogP contribution in [0.1, 0.15) is 5.56 Å². The molecule has 0 radical (unpaired) electrons. The summed E-state index contributed by atoms with van der Waals surface area (Å²) >= 11 is 3.33. The highest BCUT2D eigenvalue weighted by atomic mass is 79.9. The molecule has 1 N–H and O–H groups in total. The topological polar surface area (TPSA) is 12.0 Å². The van der Waals surface area contributed by atoms with Crippen molar-refractivity contribution in [2.24, 2.45) is 0 Å². The van der Waals surface area contributed by atoms with Crippen molar-refractivity contribution in [2.45, 2.75) is 6.54 Å². The average Bonchev–Trinajstić information content (AvgIpc) is 2.30.